The summed E-state index contributed by atoms with van der Waals surface area (Å²) >= 11 is 1.34. The van der Waals surface area contributed by atoms with Gasteiger partial charge in [-0.15, -0.1) is 5.10 Å². The molecule has 1 aromatic heterocycles. The highest BCUT2D eigenvalue weighted by Crippen LogP contribution is 2.30. The molecule has 26 heavy (non-hydrogen) atoms. The summed E-state index contributed by atoms with van der Waals surface area (Å²) in [5.74, 6) is 1.09. The molecular weight excluding hydrogens is 356 g/mol. The summed E-state index contributed by atoms with van der Waals surface area (Å²) in [6.45, 7) is 3.23. The van der Waals surface area contributed by atoms with Crippen LogP contribution in [0.3, 0.4) is 0 Å². The van der Waals surface area contributed by atoms with E-state index in [1.165, 1.54) is 11.8 Å². The Morgan fingerprint density at radius 2 is 2.19 bits per heavy atom. The van der Waals surface area contributed by atoms with E-state index >= 15 is 0 Å². The Kier molecular flexibility index (Phi) is 6.10. The lowest BCUT2D eigenvalue weighted by Gasteiger charge is -2.13. The largest absolute Gasteiger partial charge is 0.493 e. The lowest BCUT2D eigenvalue weighted by atomic mass is 10.1. The number of aromatic nitrogens is 4. The first-order chi connectivity index (χ1) is 12.6. The highest BCUT2D eigenvalue weighted by molar-refractivity contribution is 8.00. The van der Waals surface area contributed by atoms with Crippen molar-refractivity contribution in [3.63, 3.8) is 0 Å². The first-order valence-corrected chi connectivity index (χ1v) is 9.31. The molecule has 0 N–H and O–H groups in total. The molecule has 1 aromatic carbocycles. The third kappa shape index (κ3) is 4.16. The molecule has 0 aliphatic carbocycles. The molecule has 1 aliphatic heterocycles. The van der Waals surface area contributed by atoms with Gasteiger partial charge in [0.1, 0.15) is 0 Å². The van der Waals surface area contributed by atoms with Crippen molar-refractivity contribution in [3.8, 4) is 11.5 Å². The van der Waals surface area contributed by atoms with E-state index in [2.05, 4.69) is 15.5 Å². The first-order valence-electron chi connectivity index (χ1n) is 8.43. The van der Waals surface area contributed by atoms with Gasteiger partial charge in [-0.3, -0.25) is 4.79 Å². The maximum absolute atomic E-state index is 12.8. The zero-order valence-corrected chi connectivity index (χ0v) is 15.9. The first kappa shape index (κ1) is 18.7. The van der Waals surface area contributed by atoms with Crippen molar-refractivity contribution in [1.82, 2.24) is 20.2 Å². The molecule has 0 bridgehead atoms. The van der Waals surface area contributed by atoms with Gasteiger partial charge < -0.3 is 14.2 Å². The van der Waals surface area contributed by atoms with Gasteiger partial charge in [0.25, 0.3) is 0 Å². The molecule has 0 radical (unpaired) electrons. The van der Waals surface area contributed by atoms with Crippen molar-refractivity contribution < 1.29 is 19.0 Å². The summed E-state index contributed by atoms with van der Waals surface area (Å²) in [4.78, 5) is 12.8. The fraction of sp³-hybridized carbons (Fsp3) is 0.529. The average Bonchev–Trinajstić information content (AvgIpc) is 3.33. The van der Waals surface area contributed by atoms with E-state index in [-0.39, 0.29) is 17.1 Å². The van der Waals surface area contributed by atoms with Crippen LogP contribution in [0.2, 0.25) is 0 Å². The lowest BCUT2D eigenvalue weighted by Crippen LogP contribution is -2.19. The molecule has 2 aromatic rings. The zero-order chi connectivity index (χ0) is 18.5. The molecular formula is C17H22N4O4S. The monoisotopic (exact) mass is 378 g/mol. The van der Waals surface area contributed by atoms with Gasteiger partial charge in [0.05, 0.1) is 32.1 Å². The molecule has 8 nitrogen and oxygen atoms in total. The summed E-state index contributed by atoms with van der Waals surface area (Å²) in [7, 11) is 3.11. The van der Waals surface area contributed by atoms with Crippen LogP contribution in [0, 0.1) is 0 Å². The number of hydrogen-bond donors (Lipinski definition) is 0. The van der Waals surface area contributed by atoms with Crippen LogP contribution in [-0.4, -0.2) is 58.2 Å². The number of ketones is 1. The number of nitrogens with zero attached hydrogens (tertiary/aromatic N) is 4. The van der Waals surface area contributed by atoms with E-state index < -0.39 is 0 Å². The van der Waals surface area contributed by atoms with Crippen LogP contribution < -0.4 is 9.47 Å². The number of hydrogen-bond acceptors (Lipinski definition) is 8. The lowest BCUT2D eigenvalue weighted by molar-refractivity contribution is 0.0911. The summed E-state index contributed by atoms with van der Waals surface area (Å²) in [5, 5.41) is 12.1. The Bertz CT molecular complexity index is 761. The Morgan fingerprint density at radius 1 is 1.38 bits per heavy atom. The van der Waals surface area contributed by atoms with E-state index in [1.807, 2.05) is 6.92 Å². The normalized spacial score (nSPS) is 17.9. The van der Waals surface area contributed by atoms with Gasteiger partial charge in [-0.1, -0.05) is 11.8 Å². The topological polar surface area (TPSA) is 88.4 Å². The van der Waals surface area contributed by atoms with Crippen LogP contribution in [-0.2, 0) is 11.3 Å². The minimum absolute atomic E-state index is 0.0254. The van der Waals surface area contributed by atoms with E-state index in [4.69, 9.17) is 14.2 Å². The minimum atomic E-state index is -0.345. The van der Waals surface area contributed by atoms with Crippen LogP contribution in [0.25, 0.3) is 0 Å². The van der Waals surface area contributed by atoms with Gasteiger partial charge in [0.15, 0.2) is 17.3 Å². The van der Waals surface area contributed by atoms with Crippen molar-refractivity contribution >= 4 is 17.5 Å². The molecule has 3 rings (SSSR count). The molecule has 1 fully saturated rings. The van der Waals surface area contributed by atoms with Gasteiger partial charge >= 0.3 is 0 Å². The summed E-state index contributed by atoms with van der Waals surface area (Å²) in [6, 6.07) is 5.15. The minimum Gasteiger partial charge on any atom is -0.493 e. The van der Waals surface area contributed by atoms with Gasteiger partial charge in [0, 0.05) is 12.2 Å². The molecule has 0 spiro atoms. The van der Waals surface area contributed by atoms with E-state index in [1.54, 1.807) is 37.1 Å². The molecule has 0 unspecified atom stereocenters. The predicted octanol–water partition coefficient (Wildman–Crippen LogP) is 2.23. The Morgan fingerprint density at radius 3 is 2.88 bits per heavy atom. The maximum atomic E-state index is 12.8. The molecule has 0 saturated carbocycles. The summed E-state index contributed by atoms with van der Waals surface area (Å²) < 4.78 is 17.8. The molecule has 140 valence electrons. The molecule has 9 heteroatoms. The van der Waals surface area contributed by atoms with Crippen LogP contribution >= 0.6 is 11.8 Å². The third-order valence-corrected chi connectivity index (χ3v) is 5.29. The van der Waals surface area contributed by atoms with E-state index in [0.29, 0.717) is 28.8 Å². The van der Waals surface area contributed by atoms with E-state index in [0.717, 1.165) is 19.4 Å². The fourth-order valence-corrected chi connectivity index (χ4v) is 3.69. The second-order valence-corrected chi connectivity index (χ2v) is 7.28. The fourth-order valence-electron chi connectivity index (χ4n) is 2.81. The number of benzene rings is 1. The Balaban J connectivity index is 1.69. The van der Waals surface area contributed by atoms with Crippen LogP contribution in [0.5, 0.6) is 11.5 Å². The van der Waals surface area contributed by atoms with Crippen molar-refractivity contribution in [3.05, 3.63) is 23.8 Å². The molecule has 2 heterocycles. The molecule has 0 amide bonds. The van der Waals surface area contributed by atoms with Crippen molar-refractivity contribution in [2.45, 2.75) is 42.8 Å². The van der Waals surface area contributed by atoms with Crippen LogP contribution in [0.15, 0.2) is 23.4 Å². The van der Waals surface area contributed by atoms with Crippen molar-refractivity contribution in [2.75, 3.05) is 20.8 Å². The molecule has 2 atom stereocenters. The number of thioether (sulfide) groups is 1. The number of rotatable bonds is 8. The highest BCUT2D eigenvalue weighted by Gasteiger charge is 2.23. The van der Waals surface area contributed by atoms with E-state index in [9.17, 15) is 4.79 Å². The Labute approximate surface area is 156 Å². The second kappa shape index (κ2) is 8.50. The number of methoxy groups -OCH3 is 2. The molecule has 1 saturated heterocycles. The average molecular weight is 378 g/mol. The third-order valence-electron chi connectivity index (χ3n) is 4.22. The number of tetrazole rings is 1. The SMILES string of the molecule is COc1ccc(C(=O)[C@@H](C)Sc2nnnn2C[C@@H]2CCCO2)cc1OC. The molecule has 1 aliphatic rings. The van der Waals surface area contributed by atoms with Gasteiger partial charge in [-0.2, -0.15) is 0 Å². The van der Waals surface area contributed by atoms with Gasteiger partial charge in [0.2, 0.25) is 5.16 Å². The number of carbonyl (C=O) groups excluding carboxylic acids is 1. The number of carbonyl (C=O) groups is 1. The maximum Gasteiger partial charge on any atom is 0.210 e. The van der Waals surface area contributed by atoms with Gasteiger partial charge in [-0.05, 0) is 48.4 Å². The number of Topliss-reactive ketones (excluding diaryl/α,β-unsaturated/α-hetero) is 1. The van der Waals surface area contributed by atoms with Crippen LogP contribution in [0.4, 0.5) is 0 Å². The standard InChI is InChI=1S/C17H22N4O4S/c1-11(16(22)12-6-7-14(23-2)15(9-12)24-3)26-17-18-19-20-21(17)10-13-5-4-8-25-13/h6-7,9,11,13H,4-5,8,10H2,1-3H3/t11-,13+/m1/s1. The van der Waals surface area contributed by atoms with Crippen molar-refractivity contribution in [2.24, 2.45) is 0 Å². The highest BCUT2D eigenvalue weighted by atomic mass is 32.2. The second-order valence-electron chi connectivity index (χ2n) is 5.97. The number of ether oxygens (including phenoxy) is 3. The van der Waals surface area contributed by atoms with Gasteiger partial charge in [-0.25, -0.2) is 4.68 Å². The summed E-state index contributed by atoms with van der Waals surface area (Å²) in [6.07, 6.45) is 2.20. The van der Waals surface area contributed by atoms with Crippen LogP contribution in [0.1, 0.15) is 30.1 Å². The Hall–Kier alpha value is -2.13. The zero-order valence-electron chi connectivity index (χ0n) is 15.0. The van der Waals surface area contributed by atoms with Crippen molar-refractivity contribution in [1.29, 1.82) is 0 Å². The smallest absolute Gasteiger partial charge is 0.210 e. The summed E-state index contributed by atoms with van der Waals surface area (Å²) in [5.41, 5.74) is 0.556. The quantitative estimate of drug-likeness (QED) is 0.510. The predicted molar refractivity (Wildman–Crippen MR) is 96.0 cm³/mol.